The van der Waals surface area contributed by atoms with Crippen LogP contribution in [-0.4, -0.2) is 61.1 Å². The number of rotatable bonds is 4. The third kappa shape index (κ3) is 5.52. The third-order valence-corrected chi connectivity index (χ3v) is 8.98. The number of nitrogens with one attached hydrogen (secondary N) is 2. The monoisotopic (exact) mass is 619 g/mol. The lowest BCUT2D eigenvalue weighted by atomic mass is 9.89. The predicted molar refractivity (Wildman–Crippen MR) is 176 cm³/mol. The molecule has 42 heavy (non-hydrogen) atoms. The van der Waals surface area contributed by atoms with E-state index < -0.39 is 6.17 Å². The Kier molecular flexibility index (Phi) is 8.23. The number of hydrogen-bond acceptors (Lipinski definition) is 5. The molecule has 2 unspecified atom stereocenters. The Bertz CT molecular complexity index is 1660. The van der Waals surface area contributed by atoms with Crippen LogP contribution >= 0.6 is 35.4 Å². The number of ether oxygens (including phenoxy) is 1. The second kappa shape index (κ2) is 12.1. The van der Waals surface area contributed by atoms with Crippen molar-refractivity contribution in [3.8, 4) is 0 Å². The van der Waals surface area contributed by atoms with E-state index in [1.807, 2.05) is 55.5 Å². The number of carbonyl (C=O) groups excluding carboxylic acids is 1. The van der Waals surface area contributed by atoms with Crippen molar-refractivity contribution in [1.82, 2.24) is 10.2 Å². The zero-order valence-corrected chi connectivity index (χ0v) is 25.7. The van der Waals surface area contributed by atoms with E-state index in [-0.39, 0.29) is 16.9 Å². The molecule has 216 valence electrons. The van der Waals surface area contributed by atoms with Crippen LogP contribution in [0, 0.1) is 5.92 Å². The van der Waals surface area contributed by atoms with Crippen molar-refractivity contribution in [1.29, 1.82) is 0 Å². The Morgan fingerprint density at radius 3 is 2.50 bits per heavy atom. The number of likely N-dealkylation sites (N-methyl/N-ethyl adjacent to an activating group) is 1. The van der Waals surface area contributed by atoms with Gasteiger partial charge in [-0.25, -0.2) is 4.99 Å². The second-order valence-corrected chi connectivity index (χ2v) is 11.9. The standard InChI is InChI=1S/C32H31Cl2N5O2S/c1-19-17-28-23(18-25(19)34)29(22-9-5-6-10-24(22)33)36-30(31(40)38(28)2)37-32(42)35-26-11-12-27(39-13-15-41-16-14-39)21-8-4-3-7-20(21)26/h3-12,18-19,30H,13-17H2,1-2H3,(H2,35,37,42). The third-order valence-electron chi connectivity index (χ3n) is 7.94. The zero-order chi connectivity index (χ0) is 29.4. The van der Waals surface area contributed by atoms with E-state index in [2.05, 4.69) is 33.7 Å². The summed E-state index contributed by atoms with van der Waals surface area (Å²) in [7, 11) is 1.77. The van der Waals surface area contributed by atoms with Crippen molar-refractivity contribution in [2.75, 3.05) is 43.6 Å². The highest BCUT2D eigenvalue weighted by Gasteiger charge is 2.35. The summed E-state index contributed by atoms with van der Waals surface area (Å²) < 4.78 is 5.55. The Hall–Kier alpha value is -3.43. The fourth-order valence-corrected chi connectivity index (χ4v) is 6.30. The normalized spacial score (nSPS) is 21.0. The van der Waals surface area contributed by atoms with Crippen molar-refractivity contribution >= 4 is 74.3 Å². The number of thiocarbonyl (C=S) groups is 1. The maximum atomic E-state index is 13.8. The zero-order valence-electron chi connectivity index (χ0n) is 23.4. The Balaban J connectivity index is 1.32. The fraction of sp³-hybridized carbons (Fsp3) is 0.281. The smallest absolute Gasteiger partial charge is 0.271 e. The molecule has 6 rings (SSSR count). The minimum Gasteiger partial charge on any atom is -0.378 e. The first kappa shape index (κ1) is 28.7. The molecule has 1 aliphatic carbocycles. The molecule has 2 atom stereocenters. The minimum atomic E-state index is -0.978. The lowest BCUT2D eigenvalue weighted by Gasteiger charge is -2.30. The first-order valence-electron chi connectivity index (χ1n) is 13.9. The maximum Gasteiger partial charge on any atom is 0.271 e. The van der Waals surface area contributed by atoms with Gasteiger partial charge in [-0.15, -0.1) is 0 Å². The lowest BCUT2D eigenvalue weighted by Crippen LogP contribution is -2.47. The number of benzene rings is 3. The summed E-state index contributed by atoms with van der Waals surface area (Å²) >= 11 is 19.0. The average molecular weight is 621 g/mol. The van der Waals surface area contributed by atoms with Gasteiger partial charge >= 0.3 is 0 Å². The van der Waals surface area contributed by atoms with E-state index in [0.29, 0.717) is 35.4 Å². The lowest BCUT2D eigenvalue weighted by molar-refractivity contribution is -0.129. The molecule has 2 N–H and O–H groups in total. The van der Waals surface area contributed by atoms with Gasteiger partial charge in [0.15, 0.2) is 5.11 Å². The molecule has 1 amide bonds. The van der Waals surface area contributed by atoms with Crippen LogP contribution in [0.4, 0.5) is 11.4 Å². The van der Waals surface area contributed by atoms with Gasteiger partial charge in [-0.2, -0.15) is 0 Å². The van der Waals surface area contributed by atoms with Crippen LogP contribution in [0.25, 0.3) is 10.8 Å². The molecule has 10 heteroatoms. The van der Waals surface area contributed by atoms with Crippen LogP contribution in [-0.2, 0) is 9.53 Å². The first-order valence-corrected chi connectivity index (χ1v) is 15.1. The van der Waals surface area contributed by atoms with E-state index in [1.165, 1.54) is 0 Å². The molecule has 3 aliphatic rings. The molecule has 0 spiro atoms. The summed E-state index contributed by atoms with van der Waals surface area (Å²) in [5.74, 6) is -0.144. The van der Waals surface area contributed by atoms with Crippen LogP contribution in [0.2, 0.25) is 5.02 Å². The van der Waals surface area contributed by atoms with Crippen molar-refractivity contribution < 1.29 is 9.53 Å². The van der Waals surface area contributed by atoms with E-state index in [1.54, 1.807) is 11.9 Å². The summed E-state index contributed by atoms with van der Waals surface area (Å²) in [6, 6.07) is 19.8. The summed E-state index contributed by atoms with van der Waals surface area (Å²) in [4.78, 5) is 22.7. The van der Waals surface area contributed by atoms with Gasteiger partial charge in [0.05, 0.1) is 18.9 Å². The van der Waals surface area contributed by atoms with Crippen LogP contribution in [0.1, 0.15) is 18.9 Å². The molecular weight excluding hydrogens is 589 g/mol. The molecule has 3 aromatic rings. The van der Waals surface area contributed by atoms with Gasteiger partial charge in [-0.1, -0.05) is 72.6 Å². The minimum absolute atomic E-state index is 0.0779. The van der Waals surface area contributed by atoms with Crippen LogP contribution in [0.3, 0.4) is 0 Å². The molecule has 1 fully saturated rings. The molecule has 2 aliphatic heterocycles. The van der Waals surface area contributed by atoms with Crippen molar-refractivity contribution in [2.24, 2.45) is 10.9 Å². The first-order chi connectivity index (χ1) is 20.3. The van der Waals surface area contributed by atoms with E-state index in [0.717, 1.165) is 52.1 Å². The van der Waals surface area contributed by atoms with Crippen LogP contribution in [0.15, 0.2) is 88.0 Å². The predicted octanol–water partition coefficient (Wildman–Crippen LogP) is 6.32. The van der Waals surface area contributed by atoms with Gasteiger partial charge in [0.1, 0.15) is 0 Å². The molecule has 3 aromatic carbocycles. The molecular formula is C32H31Cl2N5O2S. The van der Waals surface area contributed by atoms with Crippen LogP contribution in [0.5, 0.6) is 0 Å². The number of morpholine rings is 1. The average Bonchev–Trinajstić information content (AvgIpc) is 3.09. The van der Waals surface area contributed by atoms with Crippen molar-refractivity contribution in [3.63, 3.8) is 0 Å². The quantitative estimate of drug-likeness (QED) is 0.333. The topological polar surface area (TPSA) is 69.2 Å². The number of amides is 1. The van der Waals surface area contributed by atoms with E-state index >= 15 is 0 Å². The van der Waals surface area contributed by atoms with Gasteiger partial charge in [0, 0.05) is 69.2 Å². The number of allylic oxidation sites excluding steroid dienone is 4. The molecule has 0 saturated carbocycles. The summed E-state index contributed by atoms with van der Waals surface area (Å²) in [6.45, 7) is 5.15. The second-order valence-electron chi connectivity index (χ2n) is 10.6. The van der Waals surface area contributed by atoms with Gasteiger partial charge in [-0.3, -0.25) is 4.79 Å². The van der Waals surface area contributed by atoms with Crippen molar-refractivity contribution in [3.05, 3.63) is 93.6 Å². The maximum absolute atomic E-state index is 13.8. The number of anilines is 2. The Morgan fingerprint density at radius 1 is 1.02 bits per heavy atom. The fourth-order valence-electron chi connectivity index (χ4n) is 5.67. The highest BCUT2D eigenvalue weighted by Crippen LogP contribution is 2.37. The number of fused-ring (bicyclic) bond motifs is 1. The van der Waals surface area contributed by atoms with Gasteiger partial charge in [0.2, 0.25) is 6.17 Å². The van der Waals surface area contributed by atoms with E-state index in [4.69, 9.17) is 45.1 Å². The Labute approximate surface area is 260 Å². The molecule has 0 radical (unpaired) electrons. The summed E-state index contributed by atoms with van der Waals surface area (Å²) in [6.07, 6.45) is 1.53. The van der Waals surface area contributed by atoms with Crippen LogP contribution < -0.4 is 15.5 Å². The van der Waals surface area contributed by atoms with Gasteiger partial charge < -0.3 is 25.2 Å². The molecule has 0 aromatic heterocycles. The number of aliphatic imine (C=N–C) groups is 1. The molecule has 2 heterocycles. The summed E-state index contributed by atoms with van der Waals surface area (Å²) in [5.41, 5.74) is 4.95. The Morgan fingerprint density at radius 2 is 1.74 bits per heavy atom. The number of halogens is 2. The number of nitrogens with zero attached hydrogens (tertiary/aromatic N) is 3. The highest BCUT2D eigenvalue weighted by atomic mass is 35.5. The number of carbonyl (C=O) groups is 1. The highest BCUT2D eigenvalue weighted by molar-refractivity contribution is 7.80. The largest absolute Gasteiger partial charge is 0.378 e. The van der Waals surface area contributed by atoms with E-state index in [9.17, 15) is 4.79 Å². The van der Waals surface area contributed by atoms with Crippen molar-refractivity contribution in [2.45, 2.75) is 19.5 Å². The molecule has 0 bridgehead atoms. The number of hydrogen-bond donors (Lipinski definition) is 2. The summed E-state index contributed by atoms with van der Waals surface area (Å²) in [5, 5.41) is 10.2. The van der Waals surface area contributed by atoms with Gasteiger partial charge in [0.25, 0.3) is 5.91 Å². The molecule has 1 saturated heterocycles. The molecule has 7 nitrogen and oxygen atoms in total. The van der Waals surface area contributed by atoms with Gasteiger partial charge in [-0.05, 0) is 48.8 Å². The SMILES string of the molecule is CC1CC2=C(C=C1Cl)C(c1ccccc1Cl)=NC(NC(=S)Nc1ccc(N3CCOCC3)c3ccccc13)C(=O)N2C.